The minimum absolute atomic E-state index is 0.198. The number of hydrogen-bond donors (Lipinski definition) is 2. The van der Waals surface area contributed by atoms with Crippen LogP contribution in [0.15, 0.2) is 0 Å². The highest BCUT2D eigenvalue weighted by molar-refractivity contribution is 7.09. The summed E-state index contributed by atoms with van der Waals surface area (Å²) in [6.45, 7) is 7.04. The molecule has 1 atom stereocenters. The largest absolute Gasteiger partial charge is 0.359 e. The highest BCUT2D eigenvalue weighted by Crippen LogP contribution is 2.14. The molecule has 0 saturated heterocycles. The second-order valence-electron chi connectivity index (χ2n) is 3.77. The number of aromatic nitrogens is 2. The summed E-state index contributed by atoms with van der Waals surface area (Å²) < 4.78 is 4.11. The van der Waals surface area contributed by atoms with Gasteiger partial charge >= 0.3 is 0 Å². The number of nitrogens with zero attached hydrogens (tertiary/aromatic N) is 2. The first kappa shape index (κ1) is 12.4. The summed E-state index contributed by atoms with van der Waals surface area (Å²) in [6.07, 6.45) is 2.27. The number of nitrogens with one attached hydrogen (secondary N) is 1. The zero-order valence-corrected chi connectivity index (χ0v) is 10.5. The van der Waals surface area contributed by atoms with Crippen molar-refractivity contribution in [2.45, 2.75) is 39.7 Å². The molecular formula is C10H20N4S. The molecule has 0 bridgehead atoms. The van der Waals surface area contributed by atoms with Gasteiger partial charge in [0.25, 0.3) is 0 Å². The van der Waals surface area contributed by atoms with Gasteiger partial charge in [0.2, 0.25) is 5.13 Å². The predicted molar refractivity (Wildman–Crippen MR) is 65.2 cm³/mol. The van der Waals surface area contributed by atoms with E-state index in [9.17, 15) is 0 Å². The van der Waals surface area contributed by atoms with Gasteiger partial charge in [0.05, 0.1) is 0 Å². The molecular weight excluding hydrogens is 208 g/mol. The van der Waals surface area contributed by atoms with Gasteiger partial charge in [-0.25, -0.2) is 4.98 Å². The first-order chi connectivity index (χ1) is 7.17. The lowest BCUT2D eigenvalue weighted by atomic mass is 9.95. The monoisotopic (exact) mass is 228 g/mol. The van der Waals surface area contributed by atoms with Gasteiger partial charge in [-0.1, -0.05) is 26.7 Å². The SMILES string of the molecule is CCC(CC)C(N)CNc1nc(C)ns1. The molecule has 0 aliphatic heterocycles. The first-order valence-electron chi connectivity index (χ1n) is 5.47. The molecule has 1 aromatic rings. The van der Waals surface area contributed by atoms with Crippen molar-refractivity contribution in [1.82, 2.24) is 9.36 Å². The van der Waals surface area contributed by atoms with Gasteiger partial charge in [0.15, 0.2) is 0 Å². The molecule has 1 heterocycles. The molecule has 0 saturated carbocycles. The lowest BCUT2D eigenvalue weighted by Crippen LogP contribution is -2.36. The third-order valence-corrected chi connectivity index (χ3v) is 3.43. The van der Waals surface area contributed by atoms with E-state index >= 15 is 0 Å². The Bertz CT molecular complexity index is 283. The normalized spacial score (nSPS) is 13.1. The molecule has 0 amide bonds. The van der Waals surface area contributed by atoms with Gasteiger partial charge < -0.3 is 11.1 Å². The second kappa shape index (κ2) is 6.02. The van der Waals surface area contributed by atoms with Gasteiger partial charge in [0, 0.05) is 24.1 Å². The van der Waals surface area contributed by atoms with Crippen LogP contribution in [-0.4, -0.2) is 21.9 Å². The maximum absolute atomic E-state index is 6.09. The number of anilines is 1. The summed E-state index contributed by atoms with van der Waals surface area (Å²) in [6, 6.07) is 0.198. The number of aryl methyl sites for hydroxylation is 1. The molecule has 5 heteroatoms. The van der Waals surface area contributed by atoms with Gasteiger partial charge in [0.1, 0.15) is 5.82 Å². The van der Waals surface area contributed by atoms with E-state index in [2.05, 4.69) is 28.5 Å². The second-order valence-corrected chi connectivity index (χ2v) is 4.52. The molecule has 0 fully saturated rings. The zero-order chi connectivity index (χ0) is 11.3. The number of rotatable bonds is 6. The van der Waals surface area contributed by atoms with E-state index in [1.54, 1.807) is 0 Å². The van der Waals surface area contributed by atoms with Crippen molar-refractivity contribution in [3.05, 3.63) is 5.82 Å². The van der Waals surface area contributed by atoms with E-state index in [1.165, 1.54) is 11.5 Å². The smallest absolute Gasteiger partial charge is 0.202 e. The zero-order valence-electron chi connectivity index (χ0n) is 9.66. The molecule has 86 valence electrons. The Morgan fingerprint density at radius 2 is 2.07 bits per heavy atom. The molecule has 0 aliphatic rings. The van der Waals surface area contributed by atoms with Gasteiger partial charge in [-0.15, -0.1) is 0 Å². The third kappa shape index (κ3) is 3.76. The van der Waals surface area contributed by atoms with Crippen molar-refractivity contribution in [2.75, 3.05) is 11.9 Å². The third-order valence-electron chi connectivity index (χ3n) is 2.67. The molecule has 0 aromatic carbocycles. The van der Waals surface area contributed by atoms with E-state index < -0.39 is 0 Å². The molecule has 4 nitrogen and oxygen atoms in total. The van der Waals surface area contributed by atoms with E-state index in [0.29, 0.717) is 5.92 Å². The number of nitrogens with two attached hydrogens (primary N) is 1. The van der Waals surface area contributed by atoms with Crippen LogP contribution in [0.1, 0.15) is 32.5 Å². The minimum atomic E-state index is 0.198. The lowest BCUT2D eigenvalue weighted by molar-refractivity contribution is 0.407. The van der Waals surface area contributed by atoms with E-state index in [0.717, 1.165) is 30.3 Å². The molecule has 0 radical (unpaired) electrons. The van der Waals surface area contributed by atoms with Crippen LogP contribution in [0, 0.1) is 12.8 Å². The van der Waals surface area contributed by atoms with Gasteiger partial charge in [-0.2, -0.15) is 4.37 Å². The Morgan fingerprint density at radius 1 is 1.40 bits per heavy atom. The fourth-order valence-corrected chi connectivity index (χ4v) is 2.22. The van der Waals surface area contributed by atoms with E-state index in [1.807, 2.05) is 6.92 Å². The van der Waals surface area contributed by atoms with Crippen molar-refractivity contribution in [3.8, 4) is 0 Å². The van der Waals surface area contributed by atoms with Crippen LogP contribution >= 0.6 is 11.5 Å². The summed E-state index contributed by atoms with van der Waals surface area (Å²) in [4.78, 5) is 4.23. The molecule has 15 heavy (non-hydrogen) atoms. The molecule has 1 aromatic heterocycles. The van der Waals surface area contributed by atoms with E-state index in [-0.39, 0.29) is 6.04 Å². The summed E-state index contributed by atoms with van der Waals surface area (Å²) in [5.74, 6) is 1.41. The maximum atomic E-state index is 6.09. The summed E-state index contributed by atoms with van der Waals surface area (Å²) in [5, 5.41) is 4.10. The van der Waals surface area contributed by atoms with E-state index in [4.69, 9.17) is 5.73 Å². The Labute approximate surface area is 95.5 Å². The quantitative estimate of drug-likeness (QED) is 0.782. The Balaban J connectivity index is 2.36. The highest BCUT2D eigenvalue weighted by atomic mass is 32.1. The van der Waals surface area contributed by atoms with Crippen LogP contribution in [0.25, 0.3) is 0 Å². The fraction of sp³-hybridized carbons (Fsp3) is 0.800. The van der Waals surface area contributed by atoms with Gasteiger partial charge in [-0.3, -0.25) is 0 Å². The standard InChI is InChI=1S/C10H20N4S/c1-4-8(5-2)9(11)6-12-10-13-7(3)14-15-10/h8-9H,4-6,11H2,1-3H3,(H,12,13,14). The van der Waals surface area contributed by atoms with Crippen LogP contribution in [-0.2, 0) is 0 Å². The summed E-state index contributed by atoms with van der Waals surface area (Å²) in [5.41, 5.74) is 6.09. The van der Waals surface area contributed by atoms with Crippen molar-refractivity contribution >= 4 is 16.7 Å². The predicted octanol–water partition coefficient (Wildman–Crippen LogP) is 2.02. The molecule has 0 spiro atoms. The summed E-state index contributed by atoms with van der Waals surface area (Å²) in [7, 11) is 0. The average Bonchev–Trinajstić information content (AvgIpc) is 2.63. The Morgan fingerprint density at radius 3 is 2.53 bits per heavy atom. The van der Waals surface area contributed by atoms with Gasteiger partial charge in [-0.05, 0) is 12.8 Å². The first-order valence-corrected chi connectivity index (χ1v) is 6.24. The van der Waals surface area contributed by atoms with Crippen molar-refractivity contribution in [3.63, 3.8) is 0 Å². The highest BCUT2D eigenvalue weighted by Gasteiger charge is 2.13. The topological polar surface area (TPSA) is 63.8 Å². The molecule has 1 rings (SSSR count). The fourth-order valence-electron chi connectivity index (χ4n) is 1.63. The summed E-state index contributed by atoms with van der Waals surface area (Å²) >= 11 is 1.39. The maximum Gasteiger partial charge on any atom is 0.202 e. The molecule has 1 unspecified atom stereocenters. The molecule has 3 N–H and O–H groups in total. The lowest BCUT2D eigenvalue weighted by Gasteiger charge is -2.20. The van der Waals surface area contributed by atoms with Crippen molar-refractivity contribution < 1.29 is 0 Å². The average molecular weight is 228 g/mol. The van der Waals surface area contributed by atoms with Crippen LogP contribution in [0.3, 0.4) is 0 Å². The van der Waals surface area contributed by atoms with Crippen LogP contribution in [0.4, 0.5) is 5.13 Å². The molecule has 0 aliphatic carbocycles. The van der Waals surface area contributed by atoms with Crippen LogP contribution in [0.2, 0.25) is 0 Å². The van der Waals surface area contributed by atoms with Crippen LogP contribution in [0.5, 0.6) is 0 Å². The minimum Gasteiger partial charge on any atom is -0.359 e. The van der Waals surface area contributed by atoms with Crippen molar-refractivity contribution in [1.29, 1.82) is 0 Å². The Kier molecular flexibility index (Phi) is 4.98. The van der Waals surface area contributed by atoms with Crippen LogP contribution < -0.4 is 11.1 Å². The Hall–Kier alpha value is -0.680. The van der Waals surface area contributed by atoms with Crippen molar-refractivity contribution in [2.24, 2.45) is 11.7 Å². The number of hydrogen-bond acceptors (Lipinski definition) is 5.